The molecule has 1 aliphatic heterocycles. The zero-order valence-electron chi connectivity index (χ0n) is 14.0. The molecule has 0 radical (unpaired) electrons. The SMILES string of the molecule is COC[C@@H]1N=C(/C=C(\N)c2ccc(C)cc2)O[C@H]1c1ccccc1. The first-order chi connectivity index (χ1) is 11.7. The van der Waals surface area contributed by atoms with Gasteiger partial charge < -0.3 is 15.2 Å². The summed E-state index contributed by atoms with van der Waals surface area (Å²) in [5.74, 6) is 0.545. The first-order valence-electron chi connectivity index (χ1n) is 8.00. The van der Waals surface area contributed by atoms with Crippen LogP contribution in [0.25, 0.3) is 5.70 Å². The molecule has 0 fully saturated rings. The van der Waals surface area contributed by atoms with Gasteiger partial charge in [-0.05, 0) is 18.1 Å². The molecule has 2 aromatic carbocycles. The summed E-state index contributed by atoms with van der Waals surface area (Å²) in [6.45, 7) is 2.55. The number of benzene rings is 2. The standard InChI is InChI=1S/C20H22N2O2/c1-14-8-10-15(11-9-14)17(21)12-19-22-18(13-23-2)20(24-19)16-6-4-3-5-7-16/h3-12,18,20H,13,21H2,1-2H3/b17-12-/t18-,20-/m0/s1. The van der Waals surface area contributed by atoms with E-state index >= 15 is 0 Å². The lowest BCUT2D eigenvalue weighted by atomic mass is 10.0. The normalized spacial score (nSPS) is 20.6. The molecule has 2 aromatic rings. The highest BCUT2D eigenvalue weighted by Crippen LogP contribution is 2.30. The van der Waals surface area contributed by atoms with Crippen molar-refractivity contribution in [1.82, 2.24) is 0 Å². The molecule has 0 bridgehead atoms. The van der Waals surface area contributed by atoms with Crippen molar-refractivity contribution in [3.05, 3.63) is 77.4 Å². The van der Waals surface area contributed by atoms with Crippen LogP contribution in [0.3, 0.4) is 0 Å². The number of nitrogens with zero attached hydrogens (tertiary/aromatic N) is 1. The van der Waals surface area contributed by atoms with Crippen molar-refractivity contribution in [3.63, 3.8) is 0 Å². The molecule has 2 N–H and O–H groups in total. The molecule has 1 heterocycles. The molecule has 24 heavy (non-hydrogen) atoms. The molecule has 1 aliphatic rings. The zero-order valence-corrected chi connectivity index (χ0v) is 14.0. The van der Waals surface area contributed by atoms with E-state index in [-0.39, 0.29) is 12.1 Å². The van der Waals surface area contributed by atoms with Gasteiger partial charge in [-0.25, -0.2) is 4.99 Å². The van der Waals surface area contributed by atoms with E-state index in [1.165, 1.54) is 5.56 Å². The molecule has 0 aromatic heterocycles. The Labute approximate surface area is 142 Å². The summed E-state index contributed by atoms with van der Waals surface area (Å²) < 4.78 is 11.3. The van der Waals surface area contributed by atoms with Crippen molar-refractivity contribution in [2.75, 3.05) is 13.7 Å². The first-order valence-corrected chi connectivity index (χ1v) is 8.00. The molecule has 0 saturated carbocycles. The molecular weight excluding hydrogens is 300 g/mol. The fourth-order valence-electron chi connectivity index (χ4n) is 2.73. The minimum atomic E-state index is -0.150. The number of aliphatic imine (C=N–C) groups is 1. The topological polar surface area (TPSA) is 56.8 Å². The van der Waals surface area contributed by atoms with Crippen LogP contribution in [0.2, 0.25) is 0 Å². The number of aryl methyl sites for hydroxylation is 1. The van der Waals surface area contributed by atoms with E-state index in [4.69, 9.17) is 15.2 Å². The van der Waals surface area contributed by atoms with Crippen LogP contribution in [0.4, 0.5) is 0 Å². The Kier molecular flexibility index (Phi) is 4.96. The van der Waals surface area contributed by atoms with Crippen molar-refractivity contribution in [2.45, 2.75) is 19.1 Å². The Bertz CT molecular complexity index is 736. The van der Waals surface area contributed by atoms with Crippen molar-refractivity contribution < 1.29 is 9.47 Å². The van der Waals surface area contributed by atoms with Gasteiger partial charge in [-0.15, -0.1) is 0 Å². The van der Waals surface area contributed by atoms with Crippen LogP contribution >= 0.6 is 0 Å². The Morgan fingerprint density at radius 2 is 1.88 bits per heavy atom. The lowest BCUT2D eigenvalue weighted by molar-refractivity contribution is 0.120. The highest BCUT2D eigenvalue weighted by Gasteiger charge is 2.31. The Hall–Kier alpha value is -2.59. The van der Waals surface area contributed by atoms with Gasteiger partial charge in [0.15, 0.2) is 6.10 Å². The largest absolute Gasteiger partial charge is 0.467 e. The van der Waals surface area contributed by atoms with Gasteiger partial charge in [-0.3, -0.25) is 0 Å². The van der Waals surface area contributed by atoms with Gasteiger partial charge >= 0.3 is 0 Å². The minimum Gasteiger partial charge on any atom is -0.467 e. The third-order valence-electron chi connectivity index (χ3n) is 4.02. The molecule has 0 aliphatic carbocycles. The maximum atomic E-state index is 6.20. The molecule has 3 rings (SSSR count). The summed E-state index contributed by atoms with van der Waals surface area (Å²) in [7, 11) is 1.67. The van der Waals surface area contributed by atoms with Crippen LogP contribution in [0.15, 0.2) is 65.7 Å². The van der Waals surface area contributed by atoms with Crippen molar-refractivity contribution >= 4 is 11.6 Å². The van der Waals surface area contributed by atoms with Gasteiger partial charge in [0, 0.05) is 18.9 Å². The molecule has 2 atom stereocenters. The highest BCUT2D eigenvalue weighted by atomic mass is 16.5. The predicted octanol–water partition coefficient (Wildman–Crippen LogP) is 3.48. The second kappa shape index (κ2) is 7.32. The second-order valence-electron chi connectivity index (χ2n) is 5.90. The average molecular weight is 322 g/mol. The van der Waals surface area contributed by atoms with Gasteiger partial charge in [0.05, 0.1) is 6.61 Å². The zero-order chi connectivity index (χ0) is 16.9. The van der Waals surface area contributed by atoms with E-state index in [9.17, 15) is 0 Å². The van der Waals surface area contributed by atoms with E-state index in [1.54, 1.807) is 13.2 Å². The van der Waals surface area contributed by atoms with Gasteiger partial charge in [-0.2, -0.15) is 0 Å². The third kappa shape index (κ3) is 3.66. The van der Waals surface area contributed by atoms with E-state index in [0.29, 0.717) is 18.2 Å². The molecule has 0 saturated heterocycles. The lowest BCUT2D eigenvalue weighted by Crippen LogP contribution is -2.19. The molecule has 124 valence electrons. The fourth-order valence-corrected chi connectivity index (χ4v) is 2.73. The quantitative estimate of drug-likeness (QED) is 0.917. The molecule has 0 unspecified atom stereocenters. The number of rotatable bonds is 5. The highest BCUT2D eigenvalue weighted by molar-refractivity contribution is 5.95. The summed E-state index contributed by atoms with van der Waals surface area (Å²) in [6, 6.07) is 18.1. The number of nitrogens with two attached hydrogens (primary N) is 1. The predicted molar refractivity (Wildman–Crippen MR) is 96.7 cm³/mol. The number of ether oxygens (including phenoxy) is 2. The van der Waals surface area contributed by atoms with Crippen LogP contribution in [-0.2, 0) is 9.47 Å². The van der Waals surface area contributed by atoms with E-state index in [0.717, 1.165) is 11.1 Å². The summed E-state index contributed by atoms with van der Waals surface area (Å²) >= 11 is 0. The summed E-state index contributed by atoms with van der Waals surface area (Å²) in [5.41, 5.74) is 10.1. The van der Waals surface area contributed by atoms with E-state index < -0.39 is 0 Å². The second-order valence-corrected chi connectivity index (χ2v) is 5.90. The first kappa shape index (κ1) is 16.3. The lowest BCUT2D eigenvalue weighted by Gasteiger charge is -2.17. The van der Waals surface area contributed by atoms with Crippen molar-refractivity contribution in [2.24, 2.45) is 10.7 Å². The minimum absolute atomic E-state index is 0.0746. The fraction of sp³-hybridized carbons (Fsp3) is 0.250. The van der Waals surface area contributed by atoms with E-state index in [1.807, 2.05) is 61.5 Å². The average Bonchev–Trinajstić information content (AvgIpc) is 2.99. The third-order valence-corrected chi connectivity index (χ3v) is 4.02. The molecule has 0 amide bonds. The molecular formula is C20H22N2O2. The van der Waals surface area contributed by atoms with Crippen LogP contribution in [0.5, 0.6) is 0 Å². The van der Waals surface area contributed by atoms with Crippen LogP contribution in [0.1, 0.15) is 22.8 Å². The maximum Gasteiger partial charge on any atom is 0.211 e. The van der Waals surface area contributed by atoms with E-state index in [2.05, 4.69) is 4.99 Å². The Balaban J connectivity index is 1.82. The van der Waals surface area contributed by atoms with Crippen LogP contribution in [-0.4, -0.2) is 25.7 Å². The van der Waals surface area contributed by atoms with Crippen molar-refractivity contribution in [3.8, 4) is 0 Å². The van der Waals surface area contributed by atoms with Crippen LogP contribution in [0, 0.1) is 6.92 Å². The Morgan fingerprint density at radius 1 is 1.17 bits per heavy atom. The molecule has 4 heteroatoms. The van der Waals surface area contributed by atoms with Crippen LogP contribution < -0.4 is 5.73 Å². The van der Waals surface area contributed by atoms with Gasteiger partial charge in [-0.1, -0.05) is 60.2 Å². The maximum absolute atomic E-state index is 6.20. The van der Waals surface area contributed by atoms with Gasteiger partial charge in [0.2, 0.25) is 5.90 Å². The molecule has 0 spiro atoms. The summed E-state index contributed by atoms with van der Waals surface area (Å²) in [5, 5.41) is 0. The monoisotopic (exact) mass is 322 g/mol. The smallest absolute Gasteiger partial charge is 0.211 e. The summed E-state index contributed by atoms with van der Waals surface area (Å²) in [6.07, 6.45) is 1.64. The van der Waals surface area contributed by atoms with Gasteiger partial charge in [0.25, 0.3) is 0 Å². The van der Waals surface area contributed by atoms with Gasteiger partial charge in [0.1, 0.15) is 6.04 Å². The summed E-state index contributed by atoms with van der Waals surface area (Å²) in [4.78, 5) is 4.63. The number of methoxy groups -OCH3 is 1. The Morgan fingerprint density at radius 3 is 2.54 bits per heavy atom. The molecule has 4 nitrogen and oxygen atoms in total. The van der Waals surface area contributed by atoms with Crippen molar-refractivity contribution in [1.29, 1.82) is 0 Å². The number of hydrogen-bond acceptors (Lipinski definition) is 4. The number of hydrogen-bond donors (Lipinski definition) is 1.